The maximum Gasteiger partial charge on any atom is 0.142 e. The molecular formula is C18H49O9Ti3-. The van der Waals surface area contributed by atoms with Crippen LogP contribution in [-0.4, -0.2) is 94.6 Å². The number of ether oxygens (including phenoxy) is 2. The molecule has 0 radical (unpaired) electrons. The van der Waals surface area contributed by atoms with E-state index in [-0.39, 0.29) is 105 Å². The normalized spacial score (nSPS) is 7.20. The molecule has 0 spiro atoms. The van der Waals surface area contributed by atoms with Crippen LogP contribution in [0.4, 0.5) is 0 Å². The second-order valence-electron chi connectivity index (χ2n) is 3.48. The Balaban J connectivity index is -0.0000000206. The smallest absolute Gasteiger partial charge is 0.142 e. The fraction of sp³-hybridized carbons (Fsp3) is 0.944. The third kappa shape index (κ3) is 258. The molecule has 0 aliphatic heterocycles. The van der Waals surface area contributed by atoms with Crippen molar-refractivity contribution >= 4 is 0 Å². The number of rotatable bonds is 4. The van der Waals surface area contributed by atoms with Gasteiger partial charge in [0.15, 0.2) is 0 Å². The van der Waals surface area contributed by atoms with Crippen LogP contribution in [0.5, 0.6) is 0 Å². The predicted octanol–water partition coefficient (Wildman–Crippen LogP) is 0.524. The first kappa shape index (κ1) is 63.5. The van der Waals surface area contributed by atoms with Crippen molar-refractivity contribution in [2.45, 2.75) is 61.4 Å². The molecule has 0 saturated carbocycles. The molecular weight excluding hydrogens is 504 g/mol. The summed E-state index contributed by atoms with van der Waals surface area (Å²) in [6, 6.07) is 0. The first-order valence-electron chi connectivity index (χ1n) is 9.12. The van der Waals surface area contributed by atoms with Crippen molar-refractivity contribution in [2.24, 2.45) is 0 Å². The molecule has 9 nitrogen and oxygen atoms in total. The van der Waals surface area contributed by atoms with Crippen LogP contribution >= 0.6 is 0 Å². The Morgan fingerprint density at radius 2 is 0.600 bits per heavy atom. The summed E-state index contributed by atoms with van der Waals surface area (Å²) in [6.45, 7) is 19.1. The van der Waals surface area contributed by atoms with E-state index < -0.39 is 5.97 Å². The fourth-order valence-electron chi connectivity index (χ4n) is 0.493. The van der Waals surface area contributed by atoms with Gasteiger partial charge in [0.25, 0.3) is 0 Å². The summed E-state index contributed by atoms with van der Waals surface area (Å²) in [7, 11) is 0. The van der Waals surface area contributed by atoms with Crippen molar-refractivity contribution in [3.05, 3.63) is 6.92 Å². The van der Waals surface area contributed by atoms with Gasteiger partial charge in [-0.3, -0.25) is 6.92 Å². The predicted molar refractivity (Wildman–Crippen MR) is 110 cm³/mol. The molecule has 0 rings (SSSR count). The summed E-state index contributed by atoms with van der Waals surface area (Å²) in [5.74, 6) is -1.65. The molecule has 0 bridgehead atoms. The number of hydrogen-bond donors (Lipinski definition) is 7. The summed E-state index contributed by atoms with van der Waals surface area (Å²) in [5, 5.41) is 54.4. The molecule has 0 aliphatic rings. The Hall–Kier alpha value is 1.78. The maximum absolute atomic E-state index is 8.96. The van der Waals surface area contributed by atoms with Gasteiger partial charge in [-0.15, -0.1) is 0 Å². The van der Waals surface area contributed by atoms with E-state index in [9.17, 15) is 0 Å². The molecule has 7 N–H and O–H groups in total. The Morgan fingerprint density at radius 3 is 0.667 bits per heavy atom. The molecule has 0 aliphatic carbocycles. The van der Waals surface area contributed by atoms with Gasteiger partial charge >= 0.3 is 0 Å². The summed E-state index contributed by atoms with van der Waals surface area (Å²) in [4.78, 5) is 0. The maximum atomic E-state index is 8.96. The van der Waals surface area contributed by atoms with E-state index in [2.05, 4.69) is 6.92 Å². The van der Waals surface area contributed by atoms with Crippen molar-refractivity contribution < 1.29 is 110 Å². The average molecular weight is 553 g/mol. The molecule has 12 heteroatoms. The molecule has 0 aromatic heterocycles. The van der Waals surface area contributed by atoms with Crippen LogP contribution in [0.2, 0.25) is 0 Å². The third-order valence-electron chi connectivity index (χ3n) is 0.740. The van der Waals surface area contributed by atoms with Gasteiger partial charge < -0.3 is 45.2 Å². The van der Waals surface area contributed by atoms with Crippen molar-refractivity contribution in [1.29, 1.82) is 0 Å². The minimum atomic E-state index is -1.65. The Labute approximate surface area is 230 Å². The SMILES string of the molecule is CCO.CCO.CCO.CCO.CCO.CCO.[CH2-]C(O)(OCC)OCC.[Ti].[Ti].[Ti]. The average Bonchev–Trinajstić information content (AvgIpc) is 2.51. The van der Waals surface area contributed by atoms with Crippen molar-refractivity contribution in [3.63, 3.8) is 0 Å². The second-order valence-corrected chi connectivity index (χ2v) is 3.48. The standard InChI is InChI=1S/C6H13O3.6C2H6O.3Ti/c1-4-8-6(3,7)9-5-2;6*1-2-3;;;/h7H,3-5H2,1-2H3;6*3H,2H2,1H3;;;/q-1;;;;;;;;;. The Kier molecular flexibility index (Phi) is 183. The molecule has 30 heavy (non-hydrogen) atoms. The largest absolute Gasteiger partial charge is 0.397 e. The van der Waals surface area contributed by atoms with Crippen LogP contribution in [-0.2, 0) is 74.6 Å². The van der Waals surface area contributed by atoms with Gasteiger partial charge in [0.2, 0.25) is 0 Å². The van der Waals surface area contributed by atoms with Crippen LogP contribution in [0.25, 0.3) is 0 Å². The van der Waals surface area contributed by atoms with Crippen LogP contribution < -0.4 is 0 Å². The molecule has 0 aromatic rings. The van der Waals surface area contributed by atoms with Gasteiger partial charge in [0.1, 0.15) is 5.97 Å². The van der Waals surface area contributed by atoms with E-state index in [0.717, 1.165) is 0 Å². The molecule has 0 fully saturated rings. The van der Waals surface area contributed by atoms with Gasteiger partial charge in [-0.25, -0.2) is 0 Å². The number of aliphatic hydroxyl groups excluding tert-OH is 6. The zero-order valence-corrected chi connectivity index (χ0v) is 25.0. The number of hydrogen-bond acceptors (Lipinski definition) is 9. The minimum absolute atomic E-state index is 0. The first-order chi connectivity index (χ1) is 12.6. The molecule has 0 atom stereocenters. The zero-order chi connectivity index (χ0) is 23.6. The van der Waals surface area contributed by atoms with Crippen molar-refractivity contribution in [2.75, 3.05) is 52.9 Å². The molecule has 0 saturated heterocycles. The Bertz CT molecular complexity index is 139. The van der Waals surface area contributed by atoms with Crippen LogP contribution in [0.3, 0.4) is 0 Å². The summed E-state index contributed by atoms with van der Waals surface area (Å²) in [5.41, 5.74) is 0. The van der Waals surface area contributed by atoms with E-state index in [1.165, 1.54) is 0 Å². The van der Waals surface area contributed by atoms with E-state index >= 15 is 0 Å². The van der Waals surface area contributed by atoms with Crippen molar-refractivity contribution in [3.8, 4) is 0 Å². The quantitative estimate of drug-likeness (QED) is 0.150. The Morgan fingerprint density at radius 1 is 0.500 bits per heavy atom. The fourth-order valence-corrected chi connectivity index (χ4v) is 0.493. The van der Waals surface area contributed by atoms with Gasteiger partial charge in [0.05, 0.1) is 0 Å². The third-order valence-corrected chi connectivity index (χ3v) is 0.740. The van der Waals surface area contributed by atoms with Crippen molar-refractivity contribution in [1.82, 2.24) is 0 Å². The van der Waals surface area contributed by atoms with Crippen LogP contribution in [0.15, 0.2) is 0 Å². The van der Waals surface area contributed by atoms with E-state index in [0.29, 0.717) is 13.2 Å². The summed E-state index contributed by atoms with van der Waals surface area (Å²) < 4.78 is 9.38. The van der Waals surface area contributed by atoms with Gasteiger partial charge in [-0.2, -0.15) is 0 Å². The molecule has 0 heterocycles. The second kappa shape index (κ2) is 86.3. The molecule has 188 valence electrons. The summed E-state index contributed by atoms with van der Waals surface area (Å²) >= 11 is 0. The topological polar surface area (TPSA) is 160 Å². The van der Waals surface area contributed by atoms with Gasteiger partial charge in [0, 0.05) is 118 Å². The van der Waals surface area contributed by atoms with E-state index in [1.54, 1.807) is 55.4 Å². The molecule has 0 amide bonds. The molecule has 0 aromatic carbocycles. The van der Waals surface area contributed by atoms with Gasteiger partial charge in [-0.05, 0) is 55.4 Å². The zero-order valence-electron chi connectivity index (χ0n) is 20.3. The molecule has 0 unspecified atom stereocenters. The van der Waals surface area contributed by atoms with E-state index in [1.807, 2.05) is 0 Å². The number of aliphatic hydroxyl groups is 7. The first-order valence-corrected chi connectivity index (χ1v) is 9.12. The monoisotopic (exact) mass is 553 g/mol. The van der Waals surface area contributed by atoms with Crippen LogP contribution in [0, 0.1) is 6.92 Å². The van der Waals surface area contributed by atoms with Gasteiger partial charge in [-0.1, -0.05) is 0 Å². The summed E-state index contributed by atoms with van der Waals surface area (Å²) in [6.07, 6.45) is 0. The van der Waals surface area contributed by atoms with E-state index in [4.69, 9.17) is 45.2 Å². The van der Waals surface area contributed by atoms with Crippen LogP contribution in [0.1, 0.15) is 55.4 Å². The minimum Gasteiger partial charge on any atom is -0.397 e.